The van der Waals surface area contributed by atoms with E-state index in [1.54, 1.807) is 0 Å². The molecule has 2 aromatic rings. The van der Waals surface area contributed by atoms with Crippen molar-refractivity contribution in [1.82, 2.24) is 10.3 Å². The largest absolute Gasteiger partial charge is 0.494 e. The second kappa shape index (κ2) is 11.0. The Morgan fingerprint density at radius 2 is 1.89 bits per heavy atom. The number of hydrogen-bond donors (Lipinski definition) is 1. The van der Waals surface area contributed by atoms with Gasteiger partial charge in [0.25, 0.3) is 0 Å². The molecule has 0 bridgehead atoms. The third-order valence-corrected chi connectivity index (χ3v) is 5.75. The molecule has 1 aliphatic heterocycles. The van der Waals surface area contributed by atoms with Crippen molar-refractivity contribution in [1.29, 1.82) is 0 Å². The van der Waals surface area contributed by atoms with Crippen LogP contribution >= 0.6 is 11.8 Å². The molecule has 0 spiro atoms. The fraction of sp³-hybridized carbons (Fsp3) is 0.455. The van der Waals surface area contributed by atoms with E-state index >= 15 is 0 Å². The molecule has 0 unspecified atom stereocenters. The van der Waals surface area contributed by atoms with Crippen molar-refractivity contribution < 1.29 is 9.53 Å². The van der Waals surface area contributed by atoms with E-state index in [1.165, 1.54) is 37.4 Å². The second-order valence-electron chi connectivity index (χ2n) is 6.89. The van der Waals surface area contributed by atoms with E-state index in [2.05, 4.69) is 21.3 Å². The van der Waals surface area contributed by atoms with Gasteiger partial charge in [0.05, 0.1) is 12.4 Å². The number of aromatic nitrogens is 1. The molecule has 1 fully saturated rings. The van der Waals surface area contributed by atoms with E-state index in [-0.39, 0.29) is 5.91 Å². The standard InChI is InChI=1S/C22H29N3O2S/c1-2-27-19-7-9-20(10-8-19)28-17-22(26)24-16-18-11-12-23-21(15-18)25-13-5-3-4-6-14-25/h7-12,15H,2-6,13-14,16-17H2,1H3,(H,24,26). The zero-order valence-corrected chi connectivity index (χ0v) is 17.3. The van der Waals surface area contributed by atoms with Crippen molar-refractivity contribution in [3.05, 3.63) is 48.2 Å². The Hall–Kier alpha value is -2.21. The molecule has 1 saturated heterocycles. The molecular weight excluding hydrogens is 370 g/mol. The molecular formula is C22H29N3O2S. The Morgan fingerprint density at radius 1 is 1.14 bits per heavy atom. The lowest BCUT2D eigenvalue weighted by Crippen LogP contribution is -2.26. The Kier molecular flexibility index (Phi) is 8.03. The Morgan fingerprint density at radius 3 is 2.61 bits per heavy atom. The molecule has 0 atom stereocenters. The van der Waals surface area contributed by atoms with Gasteiger partial charge in [0.1, 0.15) is 11.6 Å². The molecule has 0 radical (unpaired) electrons. The van der Waals surface area contributed by atoms with Crippen LogP contribution in [0.5, 0.6) is 5.75 Å². The van der Waals surface area contributed by atoms with Crippen LogP contribution in [-0.4, -0.2) is 36.3 Å². The van der Waals surface area contributed by atoms with Crippen LogP contribution in [0.1, 0.15) is 38.2 Å². The average molecular weight is 400 g/mol. The predicted octanol–water partition coefficient (Wildman–Crippen LogP) is 4.27. The number of hydrogen-bond acceptors (Lipinski definition) is 5. The maximum Gasteiger partial charge on any atom is 0.230 e. The molecule has 3 rings (SSSR count). The first-order valence-corrected chi connectivity index (χ1v) is 11.1. The number of pyridine rings is 1. The minimum Gasteiger partial charge on any atom is -0.494 e. The average Bonchev–Trinajstić information content (AvgIpc) is 3.02. The number of nitrogens with zero attached hydrogens (tertiary/aromatic N) is 2. The summed E-state index contributed by atoms with van der Waals surface area (Å²) in [6.07, 6.45) is 6.91. The van der Waals surface area contributed by atoms with Crippen LogP contribution in [0.2, 0.25) is 0 Å². The van der Waals surface area contributed by atoms with Crippen LogP contribution in [0.15, 0.2) is 47.5 Å². The number of nitrogens with one attached hydrogen (secondary N) is 1. The zero-order valence-electron chi connectivity index (χ0n) is 16.5. The number of anilines is 1. The van der Waals surface area contributed by atoms with E-state index in [4.69, 9.17) is 4.74 Å². The lowest BCUT2D eigenvalue weighted by Gasteiger charge is -2.21. The highest BCUT2D eigenvalue weighted by Crippen LogP contribution is 2.21. The molecule has 1 amide bonds. The van der Waals surface area contributed by atoms with Crippen LogP contribution in [0.3, 0.4) is 0 Å². The van der Waals surface area contributed by atoms with E-state index in [0.29, 0.717) is 18.9 Å². The summed E-state index contributed by atoms with van der Waals surface area (Å²) in [7, 11) is 0. The summed E-state index contributed by atoms with van der Waals surface area (Å²) in [5.74, 6) is 2.32. The number of carbonyl (C=O) groups is 1. The molecule has 5 nitrogen and oxygen atoms in total. The van der Waals surface area contributed by atoms with Crippen LogP contribution in [0.25, 0.3) is 0 Å². The van der Waals surface area contributed by atoms with Gasteiger partial charge in [-0.05, 0) is 61.7 Å². The van der Waals surface area contributed by atoms with Crippen LogP contribution in [0.4, 0.5) is 5.82 Å². The molecule has 6 heteroatoms. The van der Waals surface area contributed by atoms with E-state index in [9.17, 15) is 4.79 Å². The summed E-state index contributed by atoms with van der Waals surface area (Å²) >= 11 is 1.53. The lowest BCUT2D eigenvalue weighted by atomic mass is 10.2. The zero-order chi connectivity index (χ0) is 19.6. The highest BCUT2D eigenvalue weighted by molar-refractivity contribution is 8.00. The van der Waals surface area contributed by atoms with Crippen molar-refractivity contribution in [3.63, 3.8) is 0 Å². The highest BCUT2D eigenvalue weighted by Gasteiger charge is 2.11. The molecule has 150 valence electrons. The normalized spacial score (nSPS) is 14.4. The maximum atomic E-state index is 12.2. The molecule has 28 heavy (non-hydrogen) atoms. The second-order valence-corrected chi connectivity index (χ2v) is 7.94. The minimum absolute atomic E-state index is 0.0343. The summed E-state index contributed by atoms with van der Waals surface area (Å²) in [6, 6.07) is 11.9. The third-order valence-electron chi connectivity index (χ3n) is 4.73. The van der Waals surface area contributed by atoms with Crippen molar-refractivity contribution in [3.8, 4) is 5.75 Å². The first-order chi connectivity index (χ1) is 13.7. The van der Waals surface area contributed by atoms with Gasteiger partial charge in [-0.2, -0.15) is 0 Å². The minimum atomic E-state index is 0.0343. The molecule has 2 heterocycles. The number of amides is 1. The maximum absolute atomic E-state index is 12.2. The first-order valence-electron chi connectivity index (χ1n) is 10.1. The Balaban J connectivity index is 1.45. The summed E-state index contributed by atoms with van der Waals surface area (Å²) in [6.45, 7) is 5.30. The predicted molar refractivity (Wildman–Crippen MR) is 115 cm³/mol. The quantitative estimate of drug-likeness (QED) is 0.672. The summed E-state index contributed by atoms with van der Waals surface area (Å²) < 4.78 is 5.44. The number of rotatable bonds is 8. The van der Waals surface area contributed by atoms with Gasteiger partial charge in [0, 0.05) is 30.7 Å². The number of benzene rings is 1. The van der Waals surface area contributed by atoms with Crippen LogP contribution < -0.4 is 15.0 Å². The van der Waals surface area contributed by atoms with Gasteiger partial charge in [0.15, 0.2) is 0 Å². The van der Waals surface area contributed by atoms with Crippen molar-refractivity contribution in [2.45, 2.75) is 44.0 Å². The van der Waals surface area contributed by atoms with Gasteiger partial charge in [-0.25, -0.2) is 4.98 Å². The van der Waals surface area contributed by atoms with E-state index in [1.807, 2.05) is 43.5 Å². The van der Waals surface area contributed by atoms with Crippen LogP contribution in [0, 0.1) is 0 Å². The lowest BCUT2D eigenvalue weighted by molar-refractivity contribution is -0.118. The fourth-order valence-corrected chi connectivity index (χ4v) is 3.97. The summed E-state index contributed by atoms with van der Waals surface area (Å²) in [4.78, 5) is 20.2. The van der Waals surface area contributed by atoms with Crippen molar-refractivity contribution in [2.75, 3.05) is 30.3 Å². The van der Waals surface area contributed by atoms with Gasteiger partial charge >= 0.3 is 0 Å². The topological polar surface area (TPSA) is 54.5 Å². The molecule has 1 aromatic heterocycles. The summed E-state index contributed by atoms with van der Waals surface area (Å²) in [5, 5.41) is 3.01. The van der Waals surface area contributed by atoms with Gasteiger partial charge in [-0.1, -0.05) is 12.8 Å². The van der Waals surface area contributed by atoms with Gasteiger partial charge in [-0.15, -0.1) is 11.8 Å². The van der Waals surface area contributed by atoms with Gasteiger partial charge < -0.3 is 15.0 Å². The highest BCUT2D eigenvalue weighted by atomic mass is 32.2. The Bertz CT molecular complexity index is 744. The van der Waals surface area contributed by atoms with Gasteiger partial charge in [0.2, 0.25) is 5.91 Å². The van der Waals surface area contributed by atoms with E-state index < -0.39 is 0 Å². The molecule has 1 N–H and O–H groups in total. The first kappa shape index (κ1) is 20.5. The SMILES string of the molecule is CCOc1ccc(SCC(=O)NCc2ccnc(N3CCCCCC3)c2)cc1. The number of thioether (sulfide) groups is 1. The number of ether oxygens (including phenoxy) is 1. The molecule has 0 saturated carbocycles. The van der Waals surface area contributed by atoms with E-state index in [0.717, 1.165) is 35.1 Å². The monoisotopic (exact) mass is 399 g/mol. The van der Waals surface area contributed by atoms with Crippen molar-refractivity contribution >= 4 is 23.5 Å². The third kappa shape index (κ3) is 6.44. The van der Waals surface area contributed by atoms with Crippen LogP contribution in [-0.2, 0) is 11.3 Å². The van der Waals surface area contributed by atoms with Gasteiger partial charge in [-0.3, -0.25) is 4.79 Å². The molecule has 1 aliphatic rings. The fourth-order valence-electron chi connectivity index (χ4n) is 3.24. The Labute approximate surface area is 171 Å². The molecule has 0 aliphatic carbocycles. The number of carbonyl (C=O) groups excluding carboxylic acids is 1. The summed E-state index contributed by atoms with van der Waals surface area (Å²) in [5.41, 5.74) is 1.09. The molecule has 1 aromatic carbocycles. The smallest absolute Gasteiger partial charge is 0.230 e. The van der Waals surface area contributed by atoms with Crippen molar-refractivity contribution in [2.24, 2.45) is 0 Å².